The molecule has 0 radical (unpaired) electrons. The Morgan fingerprint density at radius 2 is 1.64 bits per heavy atom. The summed E-state index contributed by atoms with van der Waals surface area (Å²) in [7, 11) is 0. The minimum absolute atomic E-state index is 0.0293. The van der Waals surface area contributed by atoms with Gasteiger partial charge in [0.05, 0.1) is 17.6 Å². The second-order valence-electron chi connectivity index (χ2n) is 5.82. The standard InChI is InChI=1S/C17H16N2O6/c20-7-12-15(22)16(23)17(25-12)24-11-6-2-4-9-14(11)19-8-3-1-5-10(21)13(8)18-9/h1-6,12,15-17,20-23H,7H2/t12-,15-,16+,17+/m1/s1. The Bertz CT molecular complexity index is 934. The van der Waals surface area contributed by atoms with Gasteiger partial charge in [-0.1, -0.05) is 12.1 Å². The normalized spacial score (nSPS) is 26.4. The van der Waals surface area contributed by atoms with E-state index in [-0.39, 0.29) is 5.75 Å². The lowest BCUT2D eigenvalue weighted by atomic mass is 10.1. The zero-order valence-electron chi connectivity index (χ0n) is 13.0. The van der Waals surface area contributed by atoms with Crippen LogP contribution in [0.3, 0.4) is 0 Å². The SMILES string of the molecule is OC[C@H]1O[C@H](Oc2cccc3nc4c(O)cccc4nc23)[C@@H](O)[C@@H]1O. The van der Waals surface area contributed by atoms with E-state index in [2.05, 4.69) is 9.97 Å². The molecule has 1 aromatic heterocycles. The molecule has 8 heteroatoms. The van der Waals surface area contributed by atoms with Gasteiger partial charge in [-0.2, -0.15) is 0 Å². The van der Waals surface area contributed by atoms with E-state index in [0.29, 0.717) is 27.8 Å². The number of fused-ring (bicyclic) bond motifs is 2. The van der Waals surface area contributed by atoms with Gasteiger partial charge < -0.3 is 29.9 Å². The molecule has 25 heavy (non-hydrogen) atoms. The van der Waals surface area contributed by atoms with Crippen molar-refractivity contribution in [2.24, 2.45) is 0 Å². The van der Waals surface area contributed by atoms with Gasteiger partial charge in [0.25, 0.3) is 0 Å². The third-order valence-electron chi connectivity index (χ3n) is 4.18. The highest BCUT2D eigenvalue weighted by Crippen LogP contribution is 2.31. The molecule has 0 unspecified atom stereocenters. The lowest BCUT2D eigenvalue weighted by molar-refractivity contribution is -0.116. The van der Waals surface area contributed by atoms with E-state index in [4.69, 9.17) is 14.6 Å². The fourth-order valence-electron chi connectivity index (χ4n) is 2.86. The van der Waals surface area contributed by atoms with Crippen molar-refractivity contribution < 1.29 is 29.9 Å². The molecular formula is C17H16N2O6. The summed E-state index contributed by atoms with van der Waals surface area (Å²) < 4.78 is 11.0. The summed E-state index contributed by atoms with van der Waals surface area (Å²) in [5.74, 6) is 0.340. The number of para-hydroxylation sites is 2. The maximum atomic E-state index is 10.0. The number of aromatic nitrogens is 2. The summed E-state index contributed by atoms with van der Waals surface area (Å²) in [4.78, 5) is 8.86. The molecule has 2 heterocycles. The fraction of sp³-hybridized carbons (Fsp3) is 0.294. The van der Waals surface area contributed by atoms with Crippen molar-refractivity contribution in [1.82, 2.24) is 9.97 Å². The summed E-state index contributed by atoms with van der Waals surface area (Å²) in [6.45, 7) is -0.433. The molecule has 1 aliphatic rings. The van der Waals surface area contributed by atoms with E-state index >= 15 is 0 Å². The van der Waals surface area contributed by atoms with Gasteiger partial charge in [-0.05, 0) is 24.3 Å². The van der Waals surface area contributed by atoms with Crippen LogP contribution in [0.15, 0.2) is 36.4 Å². The van der Waals surface area contributed by atoms with E-state index in [9.17, 15) is 15.3 Å². The van der Waals surface area contributed by atoms with Crippen molar-refractivity contribution in [3.8, 4) is 11.5 Å². The Hall–Kier alpha value is -2.52. The number of ether oxygens (including phenoxy) is 2. The van der Waals surface area contributed by atoms with Gasteiger partial charge in [-0.25, -0.2) is 9.97 Å². The zero-order valence-corrected chi connectivity index (χ0v) is 13.0. The number of aromatic hydroxyl groups is 1. The number of hydrogen-bond donors (Lipinski definition) is 4. The third kappa shape index (κ3) is 2.65. The van der Waals surface area contributed by atoms with Crippen molar-refractivity contribution in [2.75, 3.05) is 6.61 Å². The molecular weight excluding hydrogens is 328 g/mol. The summed E-state index contributed by atoms with van der Waals surface area (Å²) in [6, 6.07) is 9.96. The van der Waals surface area contributed by atoms with Gasteiger partial charge in [-0.3, -0.25) is 0 Å². The molecule has 0 aliphatic carbocycles. The van der Waals surface area contributed by atoms with Crippen LogP contribution in [0.1, 0.15) is 0 Å². The summed E-state index contributed by atoms with van der Waals surface area (Å²) in [5, 5.41) is 38.9. The Labute approximate surface area is 141 Å². The van der Waals surface area contributed by atoms with Crippen molar-refractivity contribution in [3.63, 3.8) is 0 Å². The van der Waals surface area contributed by atoms with Gasteiger partial charge >= 0.3 is 0 Å². The number of aliphatic hydroxyl groups is 3. The molecule has 4 rings (SSSR count). The first-order valence-electron chi connectivity index (χ1n) is 7.76. The average molecular weight is 344 g/mol. The number of aliphatic hydroxyl groups excluding tert-OH is 3. The molecule has 0 amide bonds. The molecule has 130 valence electrons. The lowest BCUT2D eigenvalue weighted by Gasteiger charge is -2.17. The highest BCUT2D eigenvalue weighted by atomic mass is 16.7. The minimum Gasteiger partial charge on any atom is -0.506 e. The second kappa shape index (κ2) is 6.08. The molecule has 2 aromatic carbocycles. The molecule has 8 nitrogen and oxygen atoms in total. The Morgan fingerprint density at radius 3 is 2.36 bits per heavy atom. The van der Waals surface area contributed by atoms with Gasteiger partial charge in [0.2, 0.25) is 6.29 Å². The Morgan fingerprint density at radius 1 is 0.960 bits per heavy atom. The number of nitrogens with zero attached hydrogens (tertiary/aromatic N) is 2. The number of phenolic OH excluding ortho intramolecular Hbond substituents is 1. The predicted molar refractivity (Wildman–Crippen MR) is 87.1 cm³/mol. The Kier molecular flexibility index (Phi) is 3.89. The largest absolute Gasteiger partial charge is 0.506 e. The van der Waals surface area contributed by atoms with Crippen LogP contribution >= 0.6 is 0 Å². The van der Waals surface area contributed by atoms with Crippen molar-refractivity contribution >= 4 is 22.1 Å². The molecule has 0 saturated carbocycles. The molecule has 3 aromatic rings. The quantitative estimate of drug-likeness (QED) is 0.500. The van der Waals surface area contributed by atoms with Crippen molar-refractivity contribution in [2.45, 2.75) is 24.6 Å². The van der Waals surface area contributed by atoms with Crippen LogP contribution in [0.5, 0.6) is 11.5 Å². The summed E-state index contributed by atoms with van der Waals surface area (Å²) in [6.07, 6.45) is -4.60. The minimum atomic E-state index is -1.30. The lowest BCUT2D eigenvalue weighted by Crippen LogP contribution is -2.35. The van der Waals surface area contributed by atoms with E-state index < -0.39 is 31.2 Å². The van der Waals surface area contributed by atoms with Gasteiger partial charge in [0.15, 0.2) is 5.75 Å². The van der Waals surface area contributed by atoms with E-state index in [1.807, 2.05) is 0 Å². The highest BCUT2D eigenvalue weighted by Gasteiger charge is 2.44. The zero-order chi connectivity index (χ0) is 17.6. The predicted octanol–water partition coefficient (Wildman–Crippen LogP) is 0.306. The molecule has 0 bridgehead atoms. The van der Waals surface area contributed by atoms with Crippen LogP contribution in [0.4, 0.5) is 0 Å². The first kappa shape index (κ1) is 16.0. The van der Waals surface area contributed by atoms with E-state index in [0.717, 1.165) is 0 Å². The smallest absolute Gasteiger partial charge is 0.229 e. The molecule has 0 spiro atoms. The first-order valence-corrected chi connectivity index (χ1v) is 7.76. The van der Waals surface area contributed by atoms with Crippen LogP contribution < -0.4 is 4.74 Å². The van der Waals surface area contributed by atoms with Crippen LogP contribution in [0.25, 0.3) is 22.1 Å². The molecule has 1 aliphatic heterocycles. The topological polar surface area (TPSA) is 125 Å². The van der Waals surface area contributed by atoms with Gasteiger partial charge in [0.1, 0.15) is 35.1 Å². The molecule has 4 atom stereocenters. The Balaban J connectivity index is 1.75. The fourth-order valence-corrected chi connectivity index (χ4v) is 2.86. The van der Waals surface area contributed by atoms with E-state index in [1.54, 1.807) is 30.3 Å². The number of phenols is 1. The van der Waals surface area contributed by atoms with Crippen LogP contribution in [0, 0.1) is 0 Å². The maximum absolute atomic E-state index is 10.0. The van der Waals surface area contributed by atoms with Crippen LogP contribution in [-0.2, 0) is 4.74 Å². The monoisotopic (exact) mass is 344 g/mol. The van der Waals surface area contributed by atoms with Gasteiger partial charge in [0, 0.05) is 0 Å². The maximum Gasteiger partial charge on any atom is 0.229 e. The average Bonchev–Trinajstić information content (AvgIpc) is 2.89. The van der Waals surface area contributed by atoms with Crippen molar-refractivity contribution in [1.29, 1.82) is 0 Å². The highest BCUT2D eigenvalue weighted by molar-refractivity contribution is 5.91. The molecule has 1 saturated heterocycles. The van der Waals surface area contributed by atoms with Crippen LogP contribution in [-0.4, -0.2) is 61.6 Å². The van der Waals surface area contributed by atoms with Crippen molar-refractivity contribution in [3.05, 3.63) is 36.4 Å². The summed E-state index contributed by atoms with van der Waals surface area (Å²) >= 11 is 0. The number of hydrogen-bond acceptors (Lipinski definition) is 8. The molecule has 4 N–H and O–H groups in total. The second-order valence-corrected chi connectivity index (χ2v) is 5.82. The summed E-state index contributed by atoms with van der Waals surface area (Å²) in [5.41, 5.74) is 1.79. The van der Waals surface area contributed by atoms with Crippen LogP contribution in [0.2, 0.25) is 0 Å². The van der Waals surface area contributed by atoms with E-state index in [1.165, 1.54) is 6.07 Å². The molecule has 1 fully saturated rings. The first-order chi connectivity index (χ1) is 12.1. The third-order valence-corrected chi connectivity index (χ3v) is 4.18. The number of rotatable bonds is 3. The van der Waals surface area contributed by atoms with Gasteiger partial charge in [-0.15, -0.1) is 0 Å². The number of benzene rings is 2.